The zero-order valence-corrected chi connectivity index (χ0v) is 10.6. The molecule has 0 heterocycles. The summed E-state index contributed by atoms with van der Waals surface area (Å²) in [5.74, 6) is -0.331. The van der Waals surface area contributed by atoms with Crippen molar-refractivity contribution in [1.29, 1.82) is 0 Å². The first-order valence-electron chi connectivity index (χ1n) is 5.03. The van der Waals surface area contributed by atoms with Gasteiger partial charge in [0.05, 0.1) is 9.40 Å². The van der Waals surface area contributed by atoms with Crippen LogP contribution in [0.4, 0.5) is 21.5 Å². The average Bonchev–Trinajstić information content (AvgIpc) is 2.34. The quantitative estimate of drug-likeness (QED) is 0.681. The Kier molecular flexibility index (Phi) is 3.57. The molecule has 0 aromatic heterocycles. The number of halogens is 2. The summed E-state index contributed by atoms with van der Waals surface area (Å²) in [5, 5.41) is 13.7. The number of nitro groups is 1. The molecule has 4 nitrogen and oxygen atoms in total. The molecule has 0 bridgehead atoms. The van der Waals surface area contributed by atoms with Gasteiger partial charge in [-0.05, 0) is 52.3 Å². The second kappa shape index (κ2) is 5.14. The summed E-state index contributed by atoms with van der Waals surface area (Å²) in [7, 11) is 0. The Morgan fingerprint density at radius 1 is 1.11 bits per heavy atom. The summed E-state index contributed by atoms with van der Waals surface area (Å²) in [4.78, 5) is 10.3. The molecule has 2 aromatic carbocycles. The minimum atomic E-state index is -0.472. The van der Waals surface area contributed by atoms with E-state index in [-0.39, 0.29) is 11.5 Å². The summed E-state index contributed by atoms with van der Waals surface area (Å²) in [6.07, 6.45) is 0. The molecule has 0 amide bonds. The van der Waals surface area contributed by atoms with E-state index in [0.717, 1.165) is 0 Å². The highest BCUT2D eigenvalue weighted by molar-refractivity contribution is 9.10. The number of nitro benzene ring substituents is 1. The van der Waals surface area contributed by atoms with E-state index in [2.05, 4.69) is 21.2 Å². The van der Waals surface area contributed by atoms with Crippen LogP contribution in [-0.2, 0) is 0 Å². The van der Waals surface area contributed by atoms with E-state index >= 15 is 0 Å². The minimum absolute atomic E-state index is 0.0258. The summed E-state index contributed by atoms with van der Waals surface area (Å²) < 4.78 is 13.1. The van der Waals surface area contributed by atoms with Crippen LogP contribution in [0.15, 0.2) is 46.9 Å². The smallest absolute Gasteiger partial charge is 0.285 e. The van der Waals surface area contributed by atoms with Crippen molar-refractivity contribution in [2.24, 2.45) is 0 Å². The van der Waals surface area contributed by atoms with Gasteiger partial charge in [0.25, 0.3) is 5.69 Å². The van der Waals surface area contributed by atoms with Crippen LogP contribution in [0.25, 0.3) is 0 Å². The molecule has 0 aliphatic carbocycles. The fraction of sp³-hybridized carbons (Fsp3) is 0. The number of hydrogen-bond acceptors (Lipinski definition) is 3. The van der Waals surface area contributed by atoms with E-state index < -0.39 is 4.92 Å². The van der Waals surface area contributed by atoms with Gasteiger partial charge in [0, 0.05) is 17.4 Å². The SMILES string of the molecule is O=[N+]([O-])c1cc(Nc2ccc(F)cc2)ccc1Br. The Hall–Kier alpha value is -1.95. The van der Waals surface area contributed by atoms with Crippen LogP contribution >= 0.6 is 15.9 Å². The molecule has 0 saturated carbocycles. The fourth-order valence-corrected chi connectivity index (χ4v) is 1.82. The van der Waals surface area contributed by atoms with Gasteiger partial charge in [0.1, 0.15) is 5.82 Å². The molecule has 18 heavy (non-hydrogen) atoms. The standard InChI is InChI=1S/C12H8BrFN2O2/c13-11-6-5-10(7-12(11)16(17)18)15-9-3-1-8(14)2-4-9/h1-7,15H. The molecule has 0 aliphatic rings. The van der Waals surface area contributed by atoms with Crippen molar-refractivity contribution in [1.82, 2.24) is 0 Å². The van der Waals surface area contributed by atoms with Crippen molar-refractivity contribution >= 4 is 33.0 Å². The second-order valence-electron chi connectivity index (χ2n) is 3.56. The monoisotopic (exact) mass is 310 g/mol. The summed E-state index contributed by atoms with van der Waals surface area (Å²) in [6, 6.07) is 10.4. The van der Waals surface area contributed by atoms with Crippen molar-refractivity contribution in [3.8, 4) is 0 Å². The fourth-order valence-electron chi connectivity index (χ4n) is 1.43. The van der Waals surface area contributed by atoms with Gasteiger partial charge in [-0.2, -0.15) is 0 Å². The summed E-state index contributed by atoms with van der Waals surface area (Å²) in [6.45, 7) is 0. The third kappa shape index (κ3) is 2.84. The molecule has 0 atom stereocenters. The van der Waals surface area contributed by atoms with Gasteiger partial charge >= 0.3 is 0 Å². The van der Waals surface area contributed by atoms with Crippen molar-refractivity contribution in [3.05, 3.63) is 62.9 Å². The molecular formula is C12H8BrFN2O2. The van der Waals surface area contributed by atoms with Gasteiger partial charge < -0.3 is 5.32 Å². The van der Waals surface area contributed by atoms with Crippen LogP contribution in [0.3, 0.4) is 0 Å². The van der Waals surface area contributed by atoms with E-state index in [1.54, 1.807) is 24.3 Å². The maximum absolute atomic E-state index is 12.7. The van der Waals surface area contributed by atoms with Crippen molar-refractivity contribution in [2.75, 3.05) is 5.32 Å². The number of hydrogen-bond donors (Lipinski definition) is 1. The Morgan fingerprint density at radius 3 is 2.33 bits per heavy atom. The lowest BCUT2D eigenvalue weighted by molar-refractivity contribution is -0.385. The van der Waals surface area contributed by atoms with Crippen molar-refractivity contribution < 1.29 is 9.31 Å². The van der Waals surface area contributed by atoms with Crippen LogP contribution in [0, 0.1) is 15.9 Å². The summed E-state index contributed by atoms with van der Waals surface area (Å²) in [5.41, 5.74) is 1.20. The maximum Gasteiger partial charge on any atom is 0.285 e. The first-order chi connectivity index (χ1) is 8.56. The first-order valence-corrected chi connectivity index (χ1v) is 5.82. The van der Waals surface area contributed by atoms with Gasteiger partial charge in [-0.3, -0.25) is 10.1 Å². The van der Waals surface area contributed by atoms with Gasteiger partial charge in [0.15, 0.2) is 0 Å². The van der Waals surface area contributed by atoms with E-state index in [0.29, 0.717) is 15.8 Å². The zero-order chi connectivity index (χ0) is 13.1. The zero-order valence-electron chi connectivity index (χ0n) is 9.06. The molecule has 0 saturated heterocycles. The molecule has 0 unspecified atom stereocenters. The van der Waals surface area contributed by atoms with Gasteiger partial charge in [0.2, 0.25) is 0 Å². The molecule has 6 heteroatoms. The van der Waals surface area contributed by atoms with E-state index in [9.17, 15) is 14.5 Å². The number of nitrogens with one attached hydrogen (secondary N) is 1. The first kappa shape index (κ1) is 12.5. The van der Waals surface area contributed by atoms with Crippen molar-refractivity contribution in [3.63, 3.8) is 0 Å². The maximum atomic E-state index is 12.7. The Morgan fingerprint density at radius 2 is 1.72 bits per heavy atom. The largest absolute Gasteiger partial charge is 0.355 e. The molecule has 1 N–H and O–H groups in total. The number of anilines is 2. The van der Waals surface area contributed by atoms with Crippen LogP contribution < -0.4 is 5.32 Å². The topological polar surface area (TPSA) is 55.2 Å². The third-order valence-electron chi connectivity index (χ3n) is 2.28. The molecule has 2 aromatic rings. The number of nitrogens with zero attached hydrogens (tertiary/aromatic N) is 1. The molecule has 2 rings (SSSR count). The van der Waals surface area contributed by atoms with Crippen LogP contribution in [-0.4, -0.2) is 4.92 Å². The Bertz CT molecular complexity index is 587. The van der Waals surface area contributed by atoms with E-state index in [1.807, 2.05) is 0 Å². The molecule has 0 aliphatic heterocycles. The highest BCUT2D eigenvalue weighted by atomic mass is 79.9. The highest BCUT2D eigenvalue weighted by Crippen LogP contribution is 2.29. The van der Waals surface area contributed by atoms with Crippen molar-refractivity contribution in [2.45, 2.75) is 0 Å². The molecule has 92 valence electrons. The number of rotatable bonds is 3. The van der Waals surface area contributed by atoms with E-state index in [4.69, 9.17) is 0 Å². The van der Waals surface area contributed by atoms with Gasteiger partial charge in [-0.25, -0.2) is 4.39 Å². The normalized spacial score (nSPS) is 10.1. The number of benzene rings is 2. The van der Waals surface area contributed by atoms with Crippen LogP contribution in [0.2, 0.25) is 0 Å². The van der Waals surface area contributed by atoms with E-state index in [1.165, 1.54) is 18.2 Å². The Labute approximate surface area is 111 Å². The third-order valence-corrected chi connectivity index (χ3v) is 2.95. The van der Waals surface area contributed by atoms with Gasteiger partial charge in [-0.15, -0.1) is 0 Å². The van der Waals surface area contributed by atoms with Crippen LogP contribution in [0.5, 0.6) is 0 Å². The second-order valence-corrected chi connectivity index (χ2v) is 4.41. The highest BCUT2D eigenvalue weighted by Gasteiger charge is 2.12. The average molecular weight is 311 g/mol. The molecule has 0 fully saturated rings. The lowest BCUT2D eigenvalue weighted by Gasteiger charge is -2.06. The predicted octanol–water partition coefficient (Wildman–Crippen LogP) is 4.24. The summed E-state index contributed by atoms with van der Waals surface area (Å²) >= 11 is 3.11. The van der Waals surface area contributed by atoms with Gasteiger partial charge in [-0.1, -0.05) is 0 Å². The predicted molar refractivity (Wildman–Crippen MR) is 70.5 cm³/mol. The molecule has 0 spiro atoms. The Balaban J connectivity index is 2.27. The molecular weight excluding hydrogens is 303 g/mol. The minimum Gasteiger partial charge on any atom is -0.355 e. The lowest BCUT2D eigenvalue weighted by atomic mass is 10.2. The lowest BCUT2D eigenvalue weighted by Crippen LogP contribution is -1.94. The molecule has 0 radical (unpaired) electrons. The van der Waals surface area contributed by atoms with Crippen LogP contribution in [0.1, 0.15) is 0 Å².